The third-order valence-electron chi connectivity index (χ3n) is 4.77. The van der Waals surface area contributed by atoms with Crippen molar-refractivity contribution in [1.82, 2.24) is 4.90 Å². The molecular formula is C18H25Cl2NS. The maximum absolute atomic E-state index is 6.34. The first-order chi connectivity index (χ1) is 10.7. The highest BCUT2D eigenvalue weighted by Crippen LogP contribution is 2.62. The van der Waals surface area contributed by atoms with E-state index in [1.54, 1.807) is 0 Å². The van der Waals surface area contributed by atoms with Crippen LogP contribution in [0.3, 0.4) is 0 Å². The molecule has 3 rings (SSSR count). The smallest absolute Gasteiger partial charge is 0.123 e. The van der Waals surface area contributed by atoms with Crippen LogP contribution in [0.5, 0.6) is 0 Å². The highest BCUT2D eigenvalue weighted by Gasteiger charge is 2.55. The number of benzene rings is 1. The fraction of sp³-hybridized carbons (Fsp3) is 0.667. The second kappa shape index (κ2) is 7.79. The van der Waals surface area contributed by atoms with Gasteiger partial charge in [-0.15, -0.1) is 23.2 Å². The quantitative estimate of drug-likeness (QED) is 0.615. The summed E-state index contributed by atoms with van der Waals surface area (Å²) < 4.78 is -0.504. The van der Waals surface area contributed by atoms with Crippen molar-refractivity contribution in [2.24, 2.45) is 5.92 Å². The van der Waals surface area contributed by atoms with Gasteiger partial charge in [0.2, 0.25) is 0 Å². The minimum Gasteiger partial charge on any atom is -0.303 e. The van der Waals surface area contributed by atoms with E-state index in [-0.39, 0.29) is 0 Å². The standard InChI is InChI=1S/C18H25Cl2NS/c19-18(20)14-16(18)17(15-8-4-3-5-9-15)22-13-12-21-10-6-1-2-7-11-21/h3-5,8-9,16-17H,1-2,6-7,10-14H2. The number of hydrogen-bond acceptors (Lipinski definition) is 2. The van der Waals surface area contributed by atoms with Gasteiger partial charge in [0.1, 0.15) is 4.33 Å². The Morgan fingerprint density at radius 1 is 1.09 bits per heavy atom. The van der Waals surface area contributed by atoms with E-state index in [0.29, 0.717) is 11.2 Å². The molecule has 0 aromatic heterocycles. The number of alkyl halides is 2. The molecule has 0 amide bonds. The zero-order valence-electron chi connectivity index (χ0n) is 13.0. The van der Waals surface area contributed by atoms with Crippen molar-refractivity contribution in [3.05, 3.63) is 35.9 Å². The summed E-state index contributed by atoms with van der Waals surface area (Å²) in [5, 5.41) is 0.433. The summed E-state index contributed by atoms with van der Waals surface area (Å²) in [4.78, 5) is 2.63. The van der Waals surface area contributed by atoms with E-state index in [1.807, 2.05) is 11.8 Å². The fourth-order valence-electron chi connectivity index (χ4n) is 3.32. The highest BCUT2D eigenvalue weighted by atomic mass is 35.5. The minimum atomic E-state index is -0.504. The lowest BCUT2D eigenvalue weighted by atomic mass is 10.1. The summed E-state index contributed by atoms with van der Waals surface area (Å²) >= 11 is 14.7. The van der Waals surface area contributed by atoms with Gasteiger partial charge in [0, 0.05) is 23.5 Å². The molecule has 1 heterocycles. The van der Waals surface area contributed by atoms with Crippen LogP contribution in [0.4, 0.5) is 0 Å². The van der Waals surface area contributed by atoms with E-state index < -0.39 is 4.33 Å². The lowest BCUT2D eigenvalue weighted by Crippen LogP contribution is -2.27. The number of rotatable bonds is 6. The molecule has 0 radical (unpaired) electrons. The van der Waals surface area contributed by atoms with Crippen molar-refractivity contribution in [1.29, 1.82) is 0 Å². The molecule has 1 nitrogen and oxygen atoms in total. The van der Waals surface area contributed by atoms with Crippen molar-refractivity contribution in [2.75, 3.05) is 25.4 Å². The van der Waals surface area contributed by atoms with Gasteiger partial charge in [-0.05, 0) is 37.9 Å². The van der Waals surface area contributed by atoms with Crippen molar-refractivity contribution in [3.8, 4) is 0 Å². The van der Waals surface area contributed by atoms with Gasteiger partial charge in [-0.1, -0.05) is 43.2 Å². The molecule has 2 fully saturated rings. The molecule has 1 aliphatic carbocycles. The molecule has 2 atom stereocenters. The predicted molar refractivity (Wildman–Crippen MR) is 99.1 cm³/mol. The van der Waals surface area contributed by atoms with Crippen molar-refractivity contribution in [2.45, 2.75) is 41.7 Å². The molecule has 1 saturated carbocycles. The van der Waals surface area contributed by atoms with Gasteiger partial charge in [0.05, 0.1) is 0 Å². The molecule has 22 heavy (non-hydrogen) atoms. The Morgan fingerprint density at radius 3 is 2.32 bits per heavy atom. The largest absolute Gasteiger partial charge is 0.303 e. The zero-order valence-corrected chi connectivity index (χ0v) is 15.3. The Hall–Kier alpha value is 0.110. The summed E-state index contributed by atoms with van der Waals surface area (Å²) in [6, 6.07) is 10.7. The Labute approximate surface area is 148 Å². The fourth-order valence-corrected chi connectivity index (χ4v) is 5.58. The Bertz CT molecular complexity index is 457. The monoisotopic (exact) mass is 357 g/mol. The minimum absolute atomic E-state index is 0.396. The molecule has 2 unspecified atom stereocenters. The topological polar surface area (TPSA) is 3.24 Å². The second-order valence-corrected chi connectivity index (χ2v) is 9.32. The van der Waals surface area contributed by atoms with Gasteiger partial charge in [0.25, 0.3) is 0 Å². The number of nitrogens with zero attached hydrogens (tertiary/aromatic N) is 1. The zero-order chi connectivity index (χ0) is 15.4. The first kappa shape index (κ1) is 17.0. The Kier molecular flexibility index (Phi) is 6.00. The summed E-state index contributed by atoms with van der Waals surface area (Å²) in [6.07, 6.45) is 6.45. The third-order valence-corrected chi connectivity index (χ3v) is 7.02. The summed E-state index contributed by atoms with van der Waals surface area (Å²) in [5.74, 6) is 1.56. The van der Waals surface area contributed by atoms with E-state index in [2.05, 4.69) is 35.2 Å². The SMILES string of the molecule is ClC1(Cl)CC1C(SCCN1CCCCCC1)c1ccccc1. The van der Waals surface area contributed by atoms with Crippen molar-refractivity contribution >= 4 is 35.0 Å². The Morgan fingerprint density at radius 2 is 1.73 bits per heavy atom. The average molecular weight is 358 g/mol. The van der Waals surface area contributed by atoms with Gasteiger partial charge in [-0.3, -0.25) is 0 Å². The normalized spacial score (nSPS) is 26.4. The van der Waals surface area contributed by atoms with Gasteiger partial charge < -0.3 is 4.90 Å². The van der Waals surface area contributed by atoms with Crippen LogP contribution in [0, 0.1) is 5.92 Å². The number of thioether (sulfide) groups is 1. The third kappa shape index (κ3) is 4.56. The van der Waals surface area contributed by atoms with Crippen molar-refractivity contribution in [3.63, 3.8) is 0 Å². The van der Waals surface area contributed by atoms with E-state index in [0.717, 1.165) is 6.42 Å². The van der Waals surface area contributed by atoms with E-state index in [1.165, 1.54) is 56.6 Å². The van der Waals surface area contributed by atoms with Crippen LogP contribution in [-0.4, -0.2) is 34.6 Å². The number of halogens is 2. The predicted octanol–water partition coefficient (Wildman–Crippen LogP) is 5.53. The number of hydrogen-bond donors (Lipinski definition) is 0. The van der Waals surface area contributed by atoms with Crippen LogP contribution in [0.25, 0.3) is 0 Å². The first-order valence-corrected chi connectivity index (χ1v) is 10.2. The molecule has 1 aliphatic heterocycles. The molecule has 1 aromatic rings. The molecule has 0 bridgehead atoms. The number of likely N-dealkylation sites (tertiary alicyclic amines) is 1. The van der Waals surface area contributed by atoms with Crippen LogP contribution in [0.2, 0.25) is 0 Å². The van der Waals surface area contributed by atoms with E-state index in [4.69, 9.17) is 23.2 Å². The average Bonchev–Trinajstić information content (AvgIpc) is 3.22. The molecule has 0 N–H and O–H groups in total. The summed E-state index contributed by atoms with van der Waals surface area (Å²) in [6.45, 7) is 3.74. The highest BCUT2D eigenvalue weighted by molar-refractivity contribution is 7.99. The lowest BCUT2D eigenvalue weighted by Gasteiger charge is -2.22. The van der Waals surface area contributed by atoms with Gasteiger partial charge in [-0.2, -0.15) is 11.8 Å². The summed E-state index contributed by atoms with van der Waals surface area (Å²) in [5.41, 5.74) is 1.37. The molecule has 4 heteroatoms. The van der Waals surface area contributed by atoms with E-state index >= 15 is 0 Å². The molecule has 2 aliphatic rings. The van der Waals surface area contributed by atoms with Gasteiger partial charge in [0.15, 0.2) is 0 Å². The molecule has 0 spiro atoms. The van der Waals surface area contributed by atoms with Crippen LogP contribution in [0.15, 0.2) is 30.3 Å². The van der Waals surface area contributed by atoms with Gasteiger partial charge in [-0.25, -0.2) is 0 Å². The Balaban J connectivity index is 1.54. The van der Waals surface area contributed by atoms with Crippen LogP contribution in [-0.2, 0) is 0 Å². The molecule has 122 valence electrons. The molecule has 1 aromatic carbocycles. The summed E-state index contributed by atoms with van der Waals surface area (Å²) in [7, 11) is 0. The van der Waals surface area contributed by atoms with Gasteiger partial charge >= 0.3 is 0 Å². The maximum atomic E-state index is 6.34. The lowest BCUT2D eigenvalue weighted by molar-refractivity contribution is 0.303. The maximum Gasteiger partial charge on any atom is 0.123 e. The van der Waals surface area contributed by atoms with Crippen LogP contribution >= 0.6 is 35.0 Å². The molecule has 1 saturated heterocycles. The van der Waals surface area contributed by atoms with Crippen molar-refractivity contribution < 1.29 is 0 Å². The second-order valence-electron chi connectivity index (χ2n) is 6.53. The first-order valence-electron chi connectivity index (χ1n) is 8.43. The van der Waals surface area contributed by atoms with Crippen LogP contribution < -0.4 is 0 Å². The van der Waals surface area contributed by atoms with Crippen LogP contribution in [0.1, 0.15) is 42.9 Å². The molecular weight excluding hydrogens is 333 g/mol. The van der Waals surface area contributed by atoms with E-state index in [9.17, 15) is 0 Å².